The fourth-order valence-corrected chi connectivity index (χ4v) is 11.9. The van der Waals surface area contributed by atoms with Crippen LogP contribution in [0.1, 0.15) is 116 Å². The SMILES string of the molecule is CC[C@H](C)[C@@H]1NC(=O)[C@H](Cc2ccc(O)cc2)NC(=O)[C@H](CC(N)=O)NC(=O)[C@H](CCCN=C(N)N)NC(=O)[C@H](CO)NC(=O)[C@@H]2CCCN2C(=O)[C@H]([C@@H](C)CC)NC(=O)[C@H](Cc2ccc(O)cc2)NC(=O)[C@H](CC(N)=O)NC(=O)[C@H](CCCN=C(N)N)NC(=O)[C@H](CO)NC(=O)[C@@H]2CCCN2C1=O. The van der Waals surface area contributed by atoms with Crippen molar-refractivity contribution in [1.82, 2.24) is 63.0 Å². The Labute approximate surface area is 599 Å². The number of benzene rings is 2. The molecule has 5 rings (SSSR count). The molecule has 3 aliphatic heterocycles. The van der Waals surface area contributed by atoms with Gasteiger partial charge in [-0.3, -0.25) is 77.1 Å². The van der Waals surface area contributed by atoms with E-state index in [9.17, 15) is 87.5 Å². The highest BCUT2D eigenvalue weighted by molar-refractivity contribution is 6.02. The van der Waals surface area contributed by atoms with E-state index in [0.717, 1.165) is 9.80 Å². The molecule has 0 radical (unpaired) electrons. The van der Waals surface area contributed by atoms with Gasteiger partial charge in [-0.1, -0.05) is 64.8 Å². The van der Waals surface area contributed by atoms with Crippen molar-refractivity contribution in [2.24, 2.45) is 56.2 Å². The van der Waals surface area contributed by atoms with Crippen LogP contribution in [0.4, 0.5) is 0 Å². The Morgan fingerprint density at radius 2 is 0.721 bits per heavy atom. The Balaban J connectivity index is 1.64. The summed E-state index contributed by atoms with van der Waals surface area (Å²) in [4.78, 5) is 211. The number of hydrogen-bond donors (Lipinski definition) is 20. The lowest BCUT2D eigenvalue weighted by atomic mass is 9.96. The summed E-state index contributed by atoms with van der Waals surface area (Å²) in [6.07, 6.45) is -2.34. The van der Waals surface area contributed by atoms with E-state index < -0.39 is 193 Å². The van der Waals surface area contributed by atoms with Crippen LogP contribution in [0.3, 0.4) is 0 Å². The first kappa shape index (κ1) is 83.7. The maximum absolute atomic E-state index is 14.9. The average Bonchev–Trinajstić information content (AvgIpc) is 1.60. The summed E-state index contributed by atoms with van der Waals surface area (Å²) in [5.74, 6) is -17.2. The van der Waals surface area contributed by atoms with E-state index in [0.29, 0.717) is 11.1 Å². The molecular formula is C66H100N20O18. The molecule has 3 heterocycles. The molecule has 3 aliphatic rings. The van der Waals surface area contributed by atoms with Crippen LogP contribution in [-0.4, -0.2) is 237 Å². The van der Waals surface area contributed by atoms with Crippen molar-refractivity contribution >= 4 is 94.6 Å². The maximum Gasteiger partial charge on any atom is 0.246 e. The van der Waals surface area contributed by atoms with Crippen LogP contribution in [-0.2, 0) is 80.0 Å². The maximum atomic E-state index is 14.9. The molecule has 0 saturated carbocycles. The van der Waals surface area contributed by atoms with Crippen molar-refractivity contribution in [2.45, 2.75) is 190 Å². The van der Waals surface area contributed by atoms with Gasteiger partial charge in [-0.2, -0.15) is 0 Å². The summed E-state index contributed by atoms with van der Waals surface area (Å²) in [5.41, 5.74) is 34.1. The third kappa shape index (κ3) is 25.3. The van der Waals surface area contributed by atoms with E-state index in [1.54, 1.807) is 27.7 Å². The highest BCUT2D eigenvalue weighted by Crippen LogP contribution is 2.25. The molecule has 3 fully saturated rings. The van der Waals surface area contributed by atoms with Gasteiger partial charge in [0, 0.05) is 39.0 Å². The minimum Gasteiger partial charge on any atom is -0.508 e. The number of phenols is 2. The molecule has 3 saturated heterocycles. The molecule has 0 unspecified atom stereocenters. The van der Waals surface area contributed by atoms with Gasteiger partial charge in [-0.15, -0.1) is 0 Å². The number of rotatable bonds is 22. The summed E-state index contributed by atoms with van der Waals surface area (Å²) in [5, 5.41) is 66.6. The molecule has 38 heteroatoms. The van der Waals surface area contributed by atoms with Crippen LogP contribution in [0, 0.1) is 11.8 Å². The topological polar surface area (TPSA) is 628 Å². The molecule has 0 aliphatic carbocycles. The molecule has 104 heavy (non-hydrogen) atoms. The van der Waals surface area contributed by atoms with Crippen LogP contribution < -0.4 is 87.6 Å². The van der Waals surface area contributed by atoms with Gasteiger partial charge in [0.2, 0.25) is 82.7 Å². The van der Waals surface area contributed by atoms with Crippen molar-refractivity contribution in [3.8, 4) is 11.5 Å². The van der Waals surface area contributed by atoms with Gasteiger partial charge >= 0.3 is 0 Å². The van der Waals surface area contributed by atoms with E-state index in [4.69, 9.17) is 34.4 Å². The lowest BCUT2D eigenvalue weighted by Crippen LogP contribution is -2.62. The quantitative estimate of drug-likeness (QED) is 0.0296. The van der Waals surface area contributed by atoms with Crippen LogP contribution in [0.25, 0.3) is 0 Å². The van der Waals surface area contributed by atoms with Gasteiger partial charge in [0.1, 0.15) is 84.0 Å². The molecule has 14 atom stereocenters. The molecule has 572 valence electrons. The van der Waals surface area contributed by atoms with Crippen molar-refractivity contribution in [2.75, 3.05) is 39.4 Å². The second-order valence-electron chi connectivity index (χ2n) is 26.0. The number of guanidine groups is 2. The number of aromatic hydroxyl groups is 2. The fraction of sp³-hybridized carbons (Fsp3) is 0.576. The average molecular weight is 1460 g/mol. The van der Waals surface area contributed by atoms with E-state index in [2.05, 4.69) is 63.2 Å². The number of hydrogen-bond acceptors (Lipinski definition) is 20. The first-order valence-electron chi connectivity index (χ1n) is 34.4. The monoisotopic (exact) mass is 1460 g/mol. The molecule has 2 aromatic rings. The molecule has 26 N–H and O–H groups in total. The van der Waals surface area contributed by atoms with Crippen molar-refractivity contribution in [3.05, 3.63) is 59.7 Å². The van der Waals surface area contributed by atoms with Crippen LogP contribution in [0.2, 0.25) is 0 Å². The van der Waals surface area contributed by atoms with E-state index in [1.807, 2.05) is 0 Å². The second kappa shape index (κ2) is 40.7. The van der Waals surface area contributed by atoms with Gasteiger partial charge in [-0.25, -0.2) is 0 Å². The van der Waals surface area contributed by atoms with E-state index in [-0.39, 0.29) is 127 Å². The lowest BCUT2D eigenvalue weighted by molar-refractivity contribution is -0.144. The Morgan fingerprint density at radius 1 is 0.433 bits per heavy atom. The summed E-state index contributed by atoms with van der Waals surface area (Å²) >= 11 is 0. The number of nitrogens with zero attached hydrogens (tertiary/aromatic N) is 4. The van der Waals surface area contributed by atoms with Crippen LogP contribution >= 0.6 is 0 Å². The third-order valence-corrected chi connectivity index (χ3v) is 18.1. The number of primary amides is 2. The number of fused-ring (bicyclic) bond motifs is 2. The second-order valence-corrected chi connectivity index (χ2v) is 26.0. The van der Waals surface area contributed by atoms with Gasteiger partial charge in [-0.05, 0) is 98.6 Å². The first-order chi connectivity index (χ1) is 49.3. The lowest BCUT2D eigenvalue weighted by Gasteiger charge is -2.33. The normalized spacial score (nSPS) is 25.6. The number of carbonyl (C=O) groups is 14. The molecule has 2 aromatic carbocycles. The highest BCUT2D eigenvalue weighted by Gasteiger charge is 2.44. The minimum absolute atomic E-state index is 0.00338. The zero-order valence-corrected chi connectivity index (χ0v) is 58.6. The Morgan fingerprint density at radius 3 is 1.03 bits per heavy atom. The zero-order valence-electron chi connectivity index (χ0n) is 58.6. The number of carbonyl (C=O) groups excluding carboxylic acids is 14. The number of aliphatic hydroxyl groups is 2. The summed E-state index contributed by atoms with van der Waals surface area (Å²) < 4.78 is 0. The smallest absolute Gasteiger partial charge is 0.246 e. The minimum atomic E-state index is -1.91. The standard InChI is InChI=1S/C66H100N20O18/c1-5-33(3)51-63(103)85-25-9-13-47(85)61(101)81-45(31-87)59(99)75-40(12-8-24-74-66(71)72)54(94)80-44(30-50(68)92)56(96)78-42(28-36-17-21-38(90)22-18-36)58(98)84-52(34(4)6-2)64(104)86-26-10-14-48(86)62(102)82-46(32-88)60(100)76-39(11-7-23-73-65(69)70)53(93)79-43(29-49(67)91)55(95)77-41(57(97)83-51)27-35-15-19-37(89)20-16-35/h15-22,33-34,39-48,51-52,87-90H,5-14,23-32H2,1-4H3,(H2,67,91)(H2,68,92)(H,75,99)(H,76,100)(H,77,95)(H,78,96)(H,79,93)(H,80,94)(H,81,101)(H,82,102)(H,83,97)(H,84,98)(H4,69,70,73)(H4,71,72,74)/t33-,34-,39-,40-,41-,42-,43-,44-,45-,46-,47-,48-,51-,52-/m0/s1. The van der Waals surface area contributed by atoms with Crippen LogP contribution in [0.15, 0.2) is 58.5 Å². The molecule has 38 nitrogen and oxygen atoms in total. The zero-order chi connectivity index (χ0) is 77.1. The fourth-order valence-electron chi connectivity index (χ4n) is 11.9. The number of aliphatic imine (C=N–C) groups is 2. The number of nitrogens with two attached hydrogens (primary N) is 6. The van der Waals surface area contributed by atoms with Crippen molar-refractivity contribution in [3.63, 3.8) is 0 Å². The van der Waals surface area contributed by atoms with Crippen molar-refractivity contribution < 1.29 is 87.5 Å². The Hall–Kier alpha value is -10.9. The number of nitrogens with one attached hydrogen (secondary N) is 10. The van der Waals surface area contributed by atoms with Gasteiger partial charge < -0.3 is 118 Å². The van der Waals surface area contributed by atoms with E-state index in [1.165, 1.54) is 48.5 Å². The highest BCUT2D eigenvalue weighted by atomic mass is 16.3. The number of aliphatic hydroxyl groups excluding tert-OH is 2. The van der Waals surface area contributed by atoms with E-state index >= 15 is 0 Å². The van der Waals surface area contributed by atoms with Crippen molar-refractivity contribution in [1.29, 1.82) is 0 Å². The predicted molar refractivity (Wildman–Crippen MR) is 373 cm³/mol. The molecule has 0 spiro atoms. The van der Waals surface area contributed by atoms with Crippen LogP contribution in [0.5, 0.6) is 11.5 Å². The third-order valence-electron chi connectivity index (χ3n) is 18.1. The molecule has 14 amide bonds. The number of phenolic OH excluding ortho intramolecular Hbond substituents is 2. The summed E-state index contributed by atoms with van der Waals surface area (Å²) in [7, 11) is 0. The predicted octanol–water partition coefficient (Wildman–Crippen LogP) is -7.34. The Kier molecular flexibility index (Phi) is 32.7. The molecule has 0 aromatic heterocycles. The summed E-state index contributed by atoms with van der Waals surface area (Å²) in [6.45, 7) is 4.08. The van der Waals surface area contributed by atoms with Gasteiger partial charge in [0.25, 0.3) is 0 Å². The van der Waals surface area contributed by atoms with Gasteiger partial charge in [0.05, 0.1) is 26.1 Å². The van der Waals surface area contributed by atoms with Gasteiger partial charge in [0.15, 0.2) is 11.9 Å². The Bertz CT molecular complexity index is 3220. The first-order valence-corrected chi connectivity index (χ1v) is 34.4. The molecular weight excluding hydrogens is 1360 g/mol. The molecule has 0 bridgehead atoms. The largest absolute Gasteiger partial charge is 0.508 e. The summed E-state index contributed by atoms with van der Waals surface area (Å²) in [6, 6.07) is -8.92. The number of amides is 14.